The van der Waals surface area contributed by atoms with Crippen molar-refractivity contribution in [1.29, 1.82) is 0 Å². The van der Waals surface area contributed by atoms with E-state index in [4.69, 9.17) is 0 Å². The van der Waals surface area contributed by atoms with Gasteiger partial charge in [0.1, 0.15) is 0 Å². The molecule has 4 aromatic rings. The van der Waals surface area contributed by atoms with Crippen LogP contribution < -0.4 is 33.3 Å². The molecule has 0 unspecified atom stereocenters. The highest BCUT2D eigenvalue weighted by molar-refractivity contribution is 5.99. The third kappa shape index (κ3) is 11.0. The maximum Gasteiger partial charge on any atom is 0.328 e. The number of H-pyrrole nitrogens is 2. The second-order valence-electron chi connectivity index (χ2n) is 12.0. The van der Waals surface area contributed by atoms with Gasteiger partial charge in [-0.05, 0) is 51.0 Å². The predicted octanol–water partition coefficient (Wildman–Crippen LogP) is 4.70. The lowest BCUT2D eigenvalue weighted by molar-refractivity contribution is -0.385. The zero-order valence-electron chi connectivity index (χ0n) is 28.8. The van der Waals surface area contributed by atoms with Gasteiger partial charge in [0.05, 0.1) is 43.8 Å². The summed E-state index contributed by atoms with van der Waals surface area (Å²) in [6.45, 7) is 4.10. The summed E-state index contributed by atoms with van der Waals surface area (Å²) < 4.78 is 2.91. The minimum Gasteiger partial charge on any atom is -0.300 e. The molecule has 4 N–H and O–H groups in total. The lowest BCUT2D eigenvalue weighted by Gasteiger charge is -2.09. The average Bonchev–Trinajstić information content (AvgIpc) is 3.12. The maximum atomic E-state index is 12.4. The summed E-state index contributed by atoms with van der Waals surface area (Å²) in [4.78, 5) is 74.9. The van der Waals surface area contributed by atoms with Crippen LogP contribution in [0.2, 0.25) is 0 Å². The molecule has 0 saturated carbocycles. The fourth-order valence-corrected chi connectivity index (χ4v) is 5.22. The van der Waals surface area contributed by atoms with Crippen LogP contribution in [-0.2, 0) is 13.1 Å². The van der Waals surface area contributed by atoms with Gasteiger partial charge in [-0.25, -0.2) is 9.59 Å². The molecule has 0 spiro atoms. The van der Waals surface area contributed by atoms with E-state index in [1.807, 2.05) is 0 Å². The normalized spacial score (nSPS) is 11.7. The number of aromatic amines is 2. The average molecular weight is 717 g/mol. The van der Waals surface area contributed by atoms with Crippen molar-refractivity contribution in [3.63, 3.8) is 0 Å². The number of hydrogen-bond donors (Lipinski definition) is 4. The molecule has 0 aliphatic rings. The molecule has 0 aliphatic carbocycles. The van der Waals surface area contributed by atoms with Crippen molar-refractivity contribution in [3.8, 4) is 0 Å². The molecule has 0 aliphatic heterocycles. The van der Waals surface area contributed by atoms with E-state index in [0.29, 0.717) is 35.9 Å². The first-order valence-corrected chi connectivity index (χ1v) is 16.7. The zero-order chi connectivity index (χ0) is 37.6. The Morgan fingerprint density at radius 2 is 0.923 bits per heavy atom. The van der Waals surface area contributed by atoms with Crippen LogP contribution in [0.15, 0.2) is 90.3 Å². The van der Waals surface area contributed by atoms with Crippen molar-refractivity contribution in [2.24, 2.45) is 10.2 Å². The summed E-state index contributed by atoms with van der Waals surface area (Å²) in [5.41, 5.74) is 5.46. The van der Waals surface area contributed by atoms with E-state index in [0.717, 1.165) is 51.4 Å². The highest BCUT2D eigenvalue weighted by Crippen LogP contribution is 2.17. The van der Waals surface area contributed by atoms with Crippen LogP contribution in [0.25, 0.3) is 0 Å². The van der Waals surface area contributed by atoms with Gasteiger partial charge in [-0.1, -0.05) is 38.5 Å². The quantitative estimate of drug-likeness (QED) is 0.0451. The van der Waals surface area contributed by atoms with E-state index in [-0.39, 0.29) is 22.5 Å². The van der Waals surface area contributed by atoms with Gasteiger partial charge in [0.2, 0.25) is 0 Å². The number of aryl methyl sites for hydroxylation is 2. The Hall–Kier alpha value is -6.46. The molecule has 2 aromatic heterocycles. The van der Waals surface area contributed by atoms with Gasteiger partial charge in [0.25, 0.3) is 22.5 Å². The maximum absolute atomic E-state index is 12.4. The van der Waals surface area contributed by atoms with E-state index >= 15 is 0 Å². The van der Waals surface area contributed by atoms with Crippen LogP contribution in [0.5, 0.6) is 0 Å². The summed E-state index contributed by atoms with van der Waals surface area (Å²) in [5, 5.41) is 30.0. The van der Waals surface area contributed by atoms with E-state index < -0.39 is 32.3 Å². The Morgan fingerprint density at radius 1 is 0.596 bits per heavy atom. The molecule has 18 nitrogen and oxygen atoms in total. The summed E-state index contributed by atoms with van der Waals surface area (Å²) in [6.07, 6.45) is 10.2. The molecule has 0 amide bonds. The van der Waals surface area contributed by atoms with E-state index in [1.165, 1.54) is 70.1 Å². The minimum absolute atomic E-state index is 0.0545. The lowest BCUT2D eigenvalue weighted by Crippen LogP contribution is -2.33. The lowest BCUT2D eigenvalue weighted by atomic mass is 10.1. The van der Waals surface area contributed by atoms with Crippen molar-refractivity contribution in [1.82, 2.24) is 19.1 Å². The van der Waals surface area contributed by atoms with Crippen molar-refractivity contribution in [2.45, 2.75) is 78.3 Å². The first-order valence-electron chi connectivity index (χ1n) is 16.7. The number of anilines is 2. The van der Waals surface area contributed by atoms with Crippen molar-refractivity contribution < 1.29 is 9.85 Å². The molecule has 0 atom stereocenters. The van der Waals surface area contributed by atoms with Gasteiger partial charge >= 0.3 is 11.4 Å². The van der Waals surface area contributed by atoms with Gasteiger partial charge in [-0.3, -0.25) is 59.8 Å². The van der Waals surface area contributed by atoms with Gasteiger partial charge in [-0.2, -0.15) is 10.2 Å². The third-order valence-corrected chi connectivity index (χ3v) is 8.21. The molecule has 0 fully saturated rings. The molecule has 0 radical (unpaired) electrons. The number of hydrogen-bond acceptors (Lipinski definition) is 12. The Morgan fingerprint density at radius 3 is 1.25 bits per heavy atom. The van der Waals surface area contributed by atoms with Gasteiger partial charge in [-0.15, -0.1) is 0 Å². The fourth-order valence-electron chi connectivity index (χ4n) is 5.22. The van der Waals surface area contributed by atoms with Crippen LogP contribution in [0.3, 0.4) is 0 Å². The molecular weight excluding hydrogens is 676 g/mol. The Bertz CT molecular complexity index is 2010. The zero-order valence-corrected chi connectivity index (χ0v) is 28.8. The number of unbranched alkanes of at least 4 members (excludes halogenated alkanes) is 7. The predicted molar refractivity (Wildman–Crippen MR) is 197 cm³/mol. The smallest absolute Gasteiger partial charge is 0.300 e. The van der Waals surface area contributed by atoms with Crippen LogP contribution in [0.1, 0.15) is 76.3 Å². The van der Waals surface area contributed by atoms with Gasteiger partial charge < -0.3 is 0 Å². The molecule has 4 rings (SSSR count). The number of non-ortho nitro benzene ring substituents is 2. The number of nitro benzene ring substituents is 2. The van der Waals surface area contributed by atoms with E-state index in [1.54, 1.807) is 13.8 Å². The number of nitro groups is 2. The second-order valence-corrected chi connectivity index (χ2v) is 12.0. The van der Waals surface area contributed by atoms with Crippen molar-refractivity contribution in [2.75, 3.05) is 10.9 Å². The monoisotopic (exact) mass is 716 g/mol. The molecular formula is C34H40N10O8. The first-order chi connectivity index (χ1) is 24.9. The standard InChI is InChI=1S/C34H40N10O8/c1-23(37-39-25-11-15-27(16-12-25)43(49)50)29-21-41(33(47)35-31(29)45)19-9-7-5-3-4-6-8-10-20-42-22-30(32(46)36-34(42)48)24(2)38-40-26-13-17-28(18-14-26)44(51)52/h11-18,21-22,39-40H,3-10,19-20H2,1-2H3,(H,35,45,47)(H,36,46,48)/b37-23-,38-24-. The van der Waals surface area contributed by atoms with E-state index in [9.17, 15) is 39.4 Å². The summed E-state index contributed by atoms with van der Waals surface area (Å²) in [5.74, 6) is 0. The van der Waals surface area contributed by atoms with Crippen LogP contribution in [0.4, 0.5) is 22.7 Å². The highest BCUT2D eigenvalue weighted by Gasteiger charge is 2.11. The largest absolute Gasteiger partial charge is 0.328 e. The van der Waals surface area contributed by atoms with Gasteiger partial charge in [0, 0.05) is 49.7 Å². The summed E-state index contributed by atoms with van der Waals surface area (Å²) >= 11 is 0. The molecule has 2 aromatic carbocycles. The summed E-state index contributed by atoms with van der Waals surface area (Å²) in [6, 6.07) is 11.3. The van der Waals surface area contributed by atoms with Crippen LogP contribution >= 0.6 is 0 Å². The number of nitrogens with zero attached hydrogens (tertiary/aromatic N) is 6. The topological polar surface area (TPSA) is 245 Å². The fraction of sp³-hybridized carbons (Fsp3) is 0.353. The van der Waals surface area contributed by atoms with Crippen LogP contribution in [0, 0.1) is 20.2 Å². The molecule has 18 heteroatoms. The Labute approximate surface area is 296 Å². The number of rotatable bonds is 19. The molecule has 52 heavy (non-hydrogen) atoms. The van der Waals surface area contributed by atoms with Crippen molar-refractivity contribution in [3.05, 3.63) is 134 Å². The second kappa shape index (κ2) is 18.5. The molecule has 2 heterocycles. The highest BCUT2D eigenvalue weighted by atomic mass is 16.6. The van der Waals surface area contributed by atoms with Gasteiger partial charge in [0.15, 0.2) is 0 Å². The number of nitrogens with one attached hydrogen (secondary N) is 4. The Balaban J connectivity index is 1.16. The first kappa shape index (κ1) is 38.3. The molecule has 0 bridgehead atoms. The number of hydrazone groups is 2. The molecule has 274 valence electrons. The number of aromatic nitrogens is 4. The Kier molecular flexibility index (Phi) is 13.6. The minimum atomic E-state index is -0.558. The van der Waals surface area contributed by atoms with Crippen LogP contribution in [-0.4, -0.2) is 40.4 Å². The van der Waals surface area contributed by atoms with E-state index in [2.05, 4.69) is 31.0 Å². The summed E-state index contributed by atoms with van der Waals surface area (Å²) in [7, 11) is 0. The molecule has 0 saturated heterocycles. The third-order valence-electron chi connectivity index (χ3n) is 8.21. The van der Waals surface area contributed by atoms with Crippen molar-refractivity contribution >= 4 is 34.2 Å². The SMILES string of the molecule is C/C(=N/Nc1ccc([N+](=O)[O-])cc1)c1cn(CCCCCCCCCCn2cc(/C(C)=N\Nc3ccc([N+](=O)[O-])cc3)c(=O)[nH]c2=O)c(=O)[nH]c1=O. The number of benzene rings is 2.